The van der Waals surface area contributed by atoms with Crippen molar-refractivity contribution in [2.75, 3.05) is 4.72 Å². The van der Waals surface area contributed by atoms with Crippen LogP contribution in [-0.2, 0) is 10.0 Å². The third kappa shape index (κ3) is 3.24. The lowest BCUT2D eigenvalue weighted by Crippen LogP contribution is -2.15. The number of carboxylic acids is 1. The summed E-state index contributed by atoms with van der Waals surface area (Å²) in [5.74, 6) is -1.30. The van der Waals surface area contributed by atoms with Crippen LogP contribution in [0.5, 0.6) is 0 Å². The third-order valence-electron chi connectivity index (χ3n) is 2.46. The first-order valence-corrected chi connectivity index (χ1v) is 8.54. The number of sulfonamides is 1. The average Bonchev–Trinajstić information content (AvgIpc) is 2.91. The van der Waals surface area contributed by atoms with Gasteiger partial charge in [-0.15, -0.1) is 11.3 Å². The van der Waals surface area contributed by atoms with Crippen molar-refractivity contribution in [1.82, 2.24) is 0 Å². The molecule has 1 aromatic heterocycles. The SMILES string of the molecule is N#Cc1ccc(NS(=O)(=O)c2ccsc2C(=O)O)c(Br)c1. The molecule has 9 heteroatoms. The number of nitriles is 1. The van der Waals surface area contributed by atoms with E-state index >= 15 is 0 Å². The maximum Gasteiger partial charge on any atom is 0.347 e. The summed E-state index contributed by atoms with van der Waals surface area (Å²) < 4.78 is 27.2. The molecule has 0 radical (unpaired) electrons. The first-order chi connectivity index (χ1) is 9.85. The predicted octanol–water partition coefficient (Wildman–Crippen LogP) is 2.88. The first-order valence-electron chi connectivity index (χ1n) is 5.38. The predicted molar refractivity (Wildman–Crippen MR) is 80.9 cm³/mol. The number of nitrogens with one attached hydrogen (secondary N) is 1. The van der Waals surface area contributed by atoms with E-state index in [1.165, 1.54) is 29.6 Å². The van der Waals surface area contributed by atoms with Gasteiger partial charge >= 0.3 is 5.97 Å². The number of rotatable bonds is 4. The fraction of sp³-hybridized carbons (Fsp3) is 0. The molecule has 2 rings (SSSR count). The molecule has 6 nitrogen and oxygen atoms in total. The molecule has 0 aliphatic rings. The molecule has 1 aromatic carbocycles. The van der Waals surface area contributed by atoms with Gasteiger partial charge in [0.05, 0.1) is 17.3 Å². The second-order valence-electron chi connectivity index (χ2n) is 3.83. The highest BCUT2D eigenvalue weighted by Gasteiger charge is 2.24. The summed E-state index contributed by atoms with van der Waals surface area (Å²) in [4.78, 5) is 10.5. The largest absolute Gasteiger partial charge is 0.477 e. The molecule has 0 fully saturated rings. The van der Waals surface area contributed by atoms with E-state index in [1.807, 2.05) is 6.07 Å². The van der Waals surface area contributed by atoms with Gasteiger partial charge in [-0.05, 0) is 45.6 Å². The molecule has 0 amide bonds. The Morgan fingerprint density at radius 1 is 1.38 bits per heavy atom. The van der Waals surface area contributed by atoms with Crippen LogP contribution in [0.15, 0.2) is 39.0 Å². The molecule has 0 saturated carbocycles. The van der Waals surface area contributed by atoms with Gasteiger partial charge in [-0.3, -0.25) is 4.72 Å². The van der Waals surface area contributed by atoms with Crippen molar-refractivity contribution in [1.29, 1.82) is 5.26 Å². The third-order valence-corrected chi connectivity index (χ3v) is 5.55. The Bertz CT molecular complexity index is 852. The number of carbonyl (C=O) groups is 1. The number of halogens is 1. The number of hydrogen-bond acceptors (Lipinski definition) is 5. The normalized spacial score (nSPS) is 10.9. The maximum absolute atomic E-state index is 12.2. The molecule has 2 N–H and O–H groups in total. The highest BCUT2D eigenvalue weighted by molar-refractivity contribution is 9.10. The highest BCUT2D eigenvalue weighted by Crippen LogP contribution is 2.28. The lowest BCUT2D eigenvalue weighted by atomic mass is 10.2. The van der Waals surface area contributed by atoms with E-state index in [2.05, 4.69) is 20.7 Å². The summed E-state index contributed by atoms with van der Waals surface area (Å²) in [5.41, 5.74) is 0.586. The van der Waals surface area contributed by atoms with Gasteiger partial charge in [0.25, 0.3) is 10.0 Å². The highest BCUT2D eigenvalue weighted by atomic mass is 79.9. The minimum Gasteiger partial charge on any atom is -0.477 e. The molecule has 0 bridgehead atoms. The fourth-order valence-electron chi connectivity index (χ4n) is 1.53. The van der Waals surface area contributed by atoms with Crippen molar-refractivity contribution < 1.29 is 18.3 Å². The van der Waals surface area contributed by atoms with E-state index in [4.69, 9.17) is 10.4 Å². The molecule has 21 heavy (non-hydrogen) atoms. The van der Waals surface area contributed by atoms with Crippen LogP contribution in [0.1, 0.15) is 15.2 Å². The minimum absolute atomic E-state index is 0.219. The van der Waals surface area contributed by atoms with Crippen molar-refractivity contribution in [3.8, 4) is 6.07 Å². The lowest BCUT2D eigenvalue weighted by Gasteiger charge is -2.09. The van der Waals surface area contributed by atoms with Gasteiger partial charge in [0.15, 0.2) is 0 Å². The Morgan fingerprint density at radius 3 is 2.67 bits per heavy atom. The molecular weight excluding hydrogens is 380 g/mol. The Morgan fingerprint density at radius 2 is 2.10 bits per heavy atom. The average molecular weight is 387 g/mol. The monoisotopic (exact) mass is 386 g/mol. The standard InChI is InChI=1S/C12H7BrN2O4S2/c13-8-5-7(6-14)1-2-9(8)15-21(18,19)10-3-4-20-11(10)12(16)17/h1-5,15H,(H,16,17). The summed E-state index contributed by atoms with van der Waals surface area (Å²) >= 11 is 3.99. The van der Waals surface area contributed by atoms with Gasteiger partial charge < -0.3 is 5.11 Å². The Hall–Kier alpha value is -1.89. The number of thiophene rings is 1. The van der Waals surface area contributed by atoms with Gasteiger partial charge in [-0.25, -0.2) is 13.2 Å². The maximum atomic E-state index is 12.2. The van der Waals surface area contributed by atoms with Crippen LogP contribution in [0.4, 0.5) is 5.69 Å². The molecule has 0 saturated heterocycles. The van der Waals surface area contributed by atoms with E-state index in [-0.39, 0.29) is 15.5 Å². The van der Waals surface area contributed by atoms with Crippen molar-refractivity contribution >= 4 is 48.9 Å². The minimum atomic E-state index is -4.02. The van der Waals surface area contributed by atoms with Gasteiger partial charge in [0.1, 0.15) is 9.77 Å². The molecule has 0 aliphatic heterocycles. The molecule has 0 aliphatic carbocycles. The Balaban J connectivity index is 2.41. The molecule has 108 valence electrons. The second-order valence-corrected chi connectivity index (χ2v) is 7.25. The van der Waals surface area contributed by atoms with E-state index in [0.29, 0.717) is 10.0 Å². The molecule has 0 unspecified atom stereocenters. The second kappa shape index (κ2) is 5.85. The Labute approximate surface area is 132 Å². The zero-order chi connectivity index (χ0) is 15.6. The van der Waals surface area contributed by atoms with Gasteiger partial charge in [-0.2, -0.15) is 5.26 Å². The zero-order valence-electron chi connectivity index (χ0n) is 10.2. The summed E-state index contributed by atoms with van der Waals surface area (Å²) in [6.07, 6.45) is 0. The van der Waals surface area contributed by atoms with Crippen molar-refractivity contribution in [2.45, 2.75) is 4.90 Å². The number of nitrogens with zero attached hydrogens (tertiary/aromatic N) is 1. The quantitative estimate of drug-likeness (QED) is 0.839. The van der Waals surface area contributed by atoms with Crippen molar-refractivity contribution in [3.63, 3.8) is 0 Å². The summed E-state index contributed by atoms with van der Waals surface area (Å²) in [6, 6.07) is 7.49. The van der Waals surface area contributed by atoms with Crippen LogP contribution in [0.3, 0.4) is 0 Å². The van der Waals surface area contributed by atoms with Crippen LogP contribution >= 0.6 is 27.3 Å². The van der Waals surface area contributed by atoms with Crippen LogP contribution in [0.2, 0.25) is 0 Å². The van der Waals surface area contributed by atoms with Crippen LogP contribution in [0.25, 0.3) is 0 Å². The number of benzene rings is 1. The van der Waals surface area contributed by atoms with E-state index in [9.17, 15) is 13.2 Å². The molecule has 0 spiro atoms. The van der Waals surface area contributed by atoms with Crippen LogP contribution in [-0.4, -0.2) is 19.5 Å². The number of hydrogen-bond donors (Lipinski definition) is 2. The van der Waals surface area contributed by atoms with E-state index in [1.54, 1.807) is 0 Å². The smallest absolute Gasteiger partial charge is 0.347 e. The summed E-state index contributed by atoms with van der Waals surface area (Å²) in [7, 11) is -4.02. The topological polar surface area (TPSA) is 107 Å². The Kier molecular flexibility index (Phi) is 4.32. The molecular formula is C12H7BrN2O4S2. The molecule has 2 aromatic rings. The lowest BCUT2D eigenvalue weighted by molar-refractivity contribution is 0.0698. The van der Waals surface area contributed by atoms with Gasteiger partial charge in [-0.1, -0.05) is 0 Å². The number of anilines is 1. The number of aromatic carboxylic acids is 1. The van der Waals surface area contributed by atoms with Gasteiger partial charge in [0.2, 0.25) is 0 Å². The van der Waals surface area contributed by atoms with E-state index in [0.717, 1.165) is 11.3 Å². The van der Waals surface area contributed by atoms with Crippen LogP contribution in [0, 0.1) is 11.3 Å². The summed E-state index contributed by atoms with van der Waals surface area (Å²) in [5, 5.41) is 19.1. The molecule has 0 atom stereocenters. The van der Waals surface area contributed by atoms with Gasteiger partial charge in [0, 0.05) is 4.47 Å². The van der Waals surface area contributed by atoms with Crippen molar-refractivity contribution in [3.05, 3.63) is 44.6 Å². The van der Waals surface area contributed by atoms with Crippen LogP contribution < -0.4 is 4.72 Å². The number of carboxylic acid groups (broad SMARTS) is 1. The fourth-order valence-corrected chi connectivity index (χ4v) is 4.48. The first kappa shape index (κ1) is 15.5. The van der Waals surface area contributed by atoms with Crippen molar-refractivity contribution in [2.24, 2.45) is 0 Å². The summed E-state index contributed by atoms with van der Waals surface area (Å²) in [6.45, 7) is 0. The molecule has 1 heterocycles. The zero-order valence-corrected chi connectivity index (χ0v) is 13.4. The van der Waals surface area contributed by atoms with E-state index < -0.39 is 16.0 Å².